The van der Waals surface area contributed by atoms with E-state index in [0.29, 0.717) is 23.6 Å². The van der Waals surface area contributed by atoms with Crippen molar-refractivity contribution in [3.8, 4) is 0 Å². The lowest BCUT2D eigenvalue weighted by molar-refractivity contribution is -0.132. The van der Waals surface area contributed by atoms with Gasteiger partial charge in [-0.1, -0.05) is 78.3 Å². The van der Waals surface area contributed by atoms with Gasteiger partial charge in [-0.25, -0.2) is 0 Å². The van der Waals surface area contributed by atoms with Crippen LogP contribution in [0.2, 0.25) is 5.02 Å². The lowest BCUT2D eigenvalue weighted by Crippen LogP contribution is -2.48. The topological polar surface area (TPSA) is 49.4 Å². The Morgan fingerprint density at radius 2 is 1.48 bits per heavy atom. The molecule has 1 unspecified atom stereocenters. The number of halogens is 1. The van der Waals surface area contributed by atoms with E-state index in [-0.39, 0.29) is 11.8 Å². The third-order valence-corrected chi connectivity index (χ3v) is 5.03. The van der Waals surface area contributed by atoms with Gasteiger partial charge in [0.15, 0.2) is 0 Å². The molecule has 0 bridgehead atoms. The maximum absolute atomic E-state index is 13.2. The van der Waals surface area contributed by atoms with Crippen molar-refractivity contribution in [3.63, 3.8) is 0 Å². The summed E-state index contributed by atoms with van der Waals surface area (Å²) in [5.74, 6) is -0.441. The van der Waals surface area contributed by atoms with Crippen molar-refractivity contribution in [2.45, 2.75) is 19.0 Å². The summed E-state index contributed by atoms with van der Waals surface area (Å²) >= 11 is 6.24. The van der Waals surface area contributed by atoms with Crippen LogP contribution in [-0.2, 0) is 17.8 Å². The predicted molar refractivity (Wildman–Crippen MR) is 116 cm³/mol. The van der Waals surface area contributed by atoms with E-state index < -0.39 is 6.04 Å². The Morgan fingerprint density at radius 1 is 0.897 bits per heavy atom. The summed E-state index contributed by atoms with van der Waals surface area (Å²) in [5, 5.41) is 3.51. The second-order valence-electron chi connectivity index (χ2n) is 6.87. The lowest BCUT2D eigenvalue weighted by atomic mass is 10.0. The third-order valence-electron chi connectivity index (χ3n) is 4.66. The molecule has 1 N–H and O–H groups in total. The molecular weight excluding hydrogens is 384 g/mol. The Kier molecular flexibility index (Phi) is 7.04. The van der Waals surface area contributed by atoms with Crippen LogP contribution in [0.5, 0.6) is 0 Å². The molecule has 0 aliphatic rings. The molecule has 0 aliphatic heterocycles. The zero-order valence-electron chi connectivity index (χ0n) is 16.2. The number of amides is 2. The van der Waals surface area contributed by atoms with Crippen molar-refractivity contribution in [2.75, 3.05) is 7.05 Å². The molecule has 4 nitrogen and oxygen atoms in total. The van der Waals surface area contributed by atoms with Crippen molar-refractivity contribution >= 4 is 23.4 Å². The van der Waals surface area contributed by atoms with E-state index in [1.165, 1.54) is 0 Å². The van der Waals surface area contributed by atoms with E-state index in [1.54, 1.807) is 42.3 Å². The van der Waals surface area contributed by atoms with Crippen LogP contribution in [0.15, 0.2) is 84.9 Å². The Bertz CT molecular complexity index is 961. The number of nitrogens with one attached hydrogen (secondary N) is 1. The molecule has 0 aliphatic carbocycles. The van der Waals surface area contributed by atoms with Crippen molar-refractivity contribution in [3.05, 3.63) is 107 Å². The molecule has 0 spiro atoms. The summed E-state index contributed by atoms with van der Waals surface area (Å²) in [6.07, 6.45) is 0.408. The van der Waals surface area contributed by atoms with Gasteiger partial charge in [-0.3, -0.25) is 9.59 Å². The van der Waals surface area contributed by atoms with Gasteiger partial charge in [0, 0.05) is 30.6 Å². The van der Waals surface area contributed by atoms with Crippen LogP contribution >= 0.6 is 11.6 Å². The SMILES string of the molecule is CN(Cc1ccccc1Cl)C(=O)C(Cc1ccccc1)NC(=O)c1ccccc1. The molecule has 0 saturated heterocycles. The molecule has 3 aromatic carbocycles. The van der Waals surface area contributed by atoms with Crippen LogP contribution in [-0.4, -0.2) is 29.8 Å². The number of likely N-dealkylation sites (N-methyl/N-ethyl adjacent to an activating group) is 1. The highest BCUT2D eigenvalue weighted by Crippen LogP contribution is 2.17. The molecule has 5 heteroatoms. The Hall–Kier alpha value is -3.11. The fraction of sp³-hybridized carbons (Fsp3) is 0.167. The van der Waals surface area contributed by atoms with Gasteiger partial charge in [0.2, 0.25) is 5.91 Å². The maximum Gasteiger partial charge on any atom is 0.251 e. The minimum Gasteiger partial charge on any atom is -0.340 e. The van der Waals surface area contributed by atoms with Gasteiger partial charge in [-0.05, 0) is 29.3 Å². The van der Waals surface area contributed by atoms with Crippen LogP contribution < -0.4 is 5.32 Å². The number of hydrogen-bond donors (Lipinski definition) is 1. The molecule has 3 aromatic rings. The third kappa shape index (κ3) is 5.69. The van der Waals surface area contributed by atoms with Crippen molar-refractivity contribution in [2.24, 2.45) is 0 Å². The van der Waals surface area contributed by atoms with Gasteiger partial charge in [0.05, 0.1) is 0 Å². The van der Waals surface area contributed by atoms with E-state index in [4.69, 9.17) is 11.6 Å². The van der Waals surface area contributed by atoms with Gasteiger partial charge >= 0.3 is 0 Å². The molecule has 3 rings (SSSR count). The molecule has 0 fully saturated rings. The first-order valence-electron chi connectivity index (χ1n) is 9.43. The number of carbonyl (C=O) groups excluding carboxylic acids is 2. The Labute approximate surface area is 176 Å². The van der Waals surface area contributed by atoms with E-state index in [9.17, 15) is 9.59 Å². The minimum atomic E-state index is -0.683. The lowest BCUT2D eigenvalue weighted by Gasteiger charge is -2.25. The molecular formula is C24H23ClN2O2. The minimum absolute atomic E-state index is 0.168. The van der Waals surface area contributed by atoms with E-state index in [2.05, 4.69) is 5.32 Å². The molecule has 0 saturated carbocycles. The average Bonchev–Trinajstić information content (AvgIpc) is 2.75. The molecule has 0 heterocycles. The number of hydrogen-bond acceptors (Lipinski definition) is 2. The zero-order chi connectivity index (χ0) is 20.6. The number of benzene rings is 3. The van der Waals surface area contributed by atoms with Crippen LogP contribution in [0.1, 0.15) is 21.5 Å². The normalized spacial score (nSPS) is 11.5. The molecule has 0 aromatic heterocycles. The van der Waals surface area contributed by atoms with Gasteiger partial charge in [-0.2, -0.15) is 0 Å². The highest BCUT2D eigenvalue weighted by molar-refractivity contribution is 6.31. The quantitative estimate of drug-likeness (QED) is 0.634. The van der Waals surface area contributed by atoms with E-state index in [1.807, 2.05) is 54.6 Å². The van der Waals surface area contributed by atoms with Crippen molar-refractivity contribution < 1.29 is 9.59 Å². The van der Waals surface area contributed by atoms with Gasteiger partial charge < -0.3 is 10.2 Å². The summed E-state index contributed by atoms with van der Waals surface area (Å²) in [5.41, 5.74) is 2.36. The standard InChI is InChI=1S/C24H23ClN2O2/c1-27(17-20-14-8-9-15-21(20)25)24(29)22(16-18-10-4-2-5-11-18)26-23(28)19-12-6-3-7-13-19/h2-15,22H,16-17H2,1H3,(H,26,28). The summed E-state index contributed by atoms with van der Waals surface area (Å²) in [6.45, 7) is 0.366. The monoisotopic (exact) mass is 406 g/mol. The van der Waals surface area contributed by atoms with Crippen LogP contribution in [0.3, 0.4) is 0 Å². The summed E-state index contributed by atoms with van der Waals surface area (Å²) in [7, 11) is 1.72. The molecule has 0 radical (unpaired) electrons. The fourth-order valence-corrected chi connectivity index (χ4v) is 3.30. The van der Waals surface area contributed by atoms with Gasteiger partial charge in [0.1, 0.15) is 6.04 Å². The fourth-order valence-electron chi connectivity index (χ4n) is 3.11. The largest absolute Gasteiger partial charge is 0.340 e. The summed E-state index contributed by atoms with van der Waals surface area (Å²) in [4.78, 5) is 27.5. The Balaban J connectivity index is 1.78. The highest BCUT2D eigenvalue weighted by atomic mass is 35.5. The highest BCUT2D eigenvalue weighted by Gasteiger charge is 2.25. The molecule has 2 amide bonds. The van der Waals surface area contributed by atoms with E-state index in [0.717, 1.165) is 11.1 Å². The Morgan fingerprint density at radius 3 is 2.14 bits per heavy atom. The summed E-state index contributed by atoms with van der Waals surface area (Å²) in [6, 6.07) is 25.3. The first-order chi connectivity index (χ1) is 14.0. The smallest absolute Gasteiger partial charge is 0.251 e. The second-order valence-corrected chi connectivity index (χ2v) is 7.27. The average molecular weight is 407 g/mol. The first kappa shape index (κ1) is 20.6. The van der Waals surface area contributed by atoms with Gasteiger partial charge in [-0.15, -0.1) is 0 Å². The van der Waals surface area contributed by atoms with Crippen LogP contribution in [0.25, 0.3) is 0 Å². The van der Waals surface area contributed by atoms with E-state index >= 15 is 0 Å². The second kappa shape index (κ2) is 9.89. The van der Waals surface area contributed by atoms with Gasteiger partial charge in [0.25, 0.3) is 5.91 Å². The molecule has 1 atom stereocenters. The number of nitrogens with zero attached hydrogens (tertiary/aromatic N) is 1. The maximum atomic E-state index is 13.2. The number of carbonyl (C=O) groups is 2. The van der Waals surface area contributed by atoms with Crippen molar-refractivity contribution in [1.29, 1.82) is 0 Å². The molecule has 29 heavy (non-hydrogen) atoms. The number of rotatable bonds is 7. The van der Waals surface area contributed by atoms with Crippen molar-refractivity contribution in [1.82, 2.24) is 10.2 Å². The predicted octanol–water partition coefficient (Wildman–Crippen LogP) is 4.34. The molecule has 148 valence electrons. The summed E-state index contributed by atoms with van der Waals surface area (Å²) < 4.78 is 0. The van der Waals surface area contributed by atoms with Crippen LogP contribution in [0.4, 0.5) is 0 Å². The first-order valence-corrected chi connectivity index (χ1v) is 9.80. The van der Waals surface area contributed by atoms with Crippen LogP contribution in [0, 0.1) is 0 Å². The zero-order valence-corrected chi connectivity index (χ0v) is 17.0.